The normalized spacial score (nSPS) is 12.6. The van der Waals surface area contributed by atoms with Crippen LogP contribution in [0.4, 0.5) is 0 Å². The molecule has 0 saturated carbocycles. The average molecular weight is 593 g/mol. The van der Waals surface area contributed by atoms with E-state index in [0.29, 0.717) is 29.5 Å². The van der Waals surface area contributed by atoms with Crippen molar-refractivity contribution in [3.8, 4) is 17.1 Å². The second kappa shape index (κ2) is 13.9. The lowest BCUT2D eigenvalue weighted by atomic mass is 10.0. The van der Waals surface area contributed by atoms with Crippen LogP contribution in [0, 0.1) is 0 Å². The molecule has 0 aliphatic carbocycles. The smallest absolute Gasteiger partial charge is 0.246 e. The predicted octanol–water partition coefficient (Wildman–Crippen LogP) is 4.11. The molecule has 3 aromatic carbocycles. The molecule has 0 amide bonds. The van der Waals surface area contributed by atoms with Crippen LogP contribution in [0.3, 0.4) is 0 Å². The highest BCUT2D eigenvalue weighted by Gasteiger charge is 2.22. The molecular formula is C32H28N6O6. The van der Waals surface area contributed by atoms with Crippen molar-refractivity contribution in [1.82, 2.24) is 13.7 Å². The van der Waals surface area contributed by atoms with E-state index in [2.05, 4.69) is 15.0 Å². The van der Waals surface area contributed by atoms with Gasteiger partial charge in [-0.1, -0.05) is 50.2 Å². The minimum Gasteiger partial charge on any atom is -0.246 e. The van der Waals surface area contributed by atoms with Crippen molar-refractivity contribution in [3.63, 3.8) is 0 Å². The third-order valence-electron chi connectivity index (χ3n) is 7.22. The lowest BCUT2D eigenvalue weighted by Gasteiger charge is -2.17. The van der Waals surface area contributed by atoms with E-state index >= 15 is 0 Å². The second-order valence-corrected chi connectivity index (χ2v) is 9.82. The fourth-order valence-corrected chi connectivity index (χ4v) is 4.96. The molecule has 0 N–H and O–H groups in total. The quantitative estimate of drug-likeness (QED) is 0.189. The van der Waals surface area contributed by atoms with Gasteiger partial charge in [0.05, 0.1) is 35.2 Å². The van der Waals surface area contributed by atoms with Crippen molar-refractivity contribution >= 4 is 18.2 Å². The summed E-state index contributed by atoms with van der Waals surface area (Å²) in [4.78, 5) is 86.5. The summed E-state index contributed by atoms with van der Waals surface area (Å²) in [6, 6.07) is 17.4. The van der Waals surface area contributed by atoms with E-state index < -0.39 is 35.2 Å². The van der Waals surface area contributed by atoms with Crippen LogP contribution in [-0.2, 0) is 14.4 Å². The molecular weight excluding hydrogens is 564 g/mol. The van der Waals surface area contributed by atoms with E-state index in [0.717, 1.165) is 13.7 Å². The number of hydrogen-bond donors (Lipinski definition) is 0. The monoisotopic (exact) mass is 592 g/mol. The molecule has 3 atom stereocenters. The summed E-state index contributed by atoms with van der Waals surface area (Å²) in [5, 5.41) is 0. The summed E-state index contributed by atoms with van der Waals surface area (Å²) in [7, 11) is 0. The van der Waals surface area contributed by atoms with Gasteiger partial charge in [0.25, 0.3) is 0 Å². The van der Waals surface area contributed by atoms with Gasteiger partial charge in [0.2, 0.25) is 18.2 Å². The minimum absolute atomic E-state index is 0.134. The summed E-state index contributed by atoms with van der Waals surface area (Å²) in [6.45, 7) is 5.30. The molecule has 4 aromatic rings. The summed E-state index contributed by atoms with van der Waals surface area (Å²) in [6.07, 6.45) is 5.52. The first-order chi connectivity index (χ1) is 21.3. The van der Waals surface area contributed by atoms with Crippen molar-refractivity contribution < 1.29 is 14.4 Å². The number of aromatic nitrogens is 3. The van der Waals surface area contributed by atoms with Gasteiger partial charge in [-0.3, -0.25) is 0 Å². The third kappa shape index (κ3) is 6.18. The van der Waals surface area contributed by atoms with Crippen LogP contribution < -0.4 is 17.1 Å². The molecule has 1 aromatic heterocycles. The highest BCUT2D eigenvalue weighted by molar-refractivity contribution is 5.44. The maximum Gasteiger partial charge on any atom is 0.345 e. The first-order valence-electron chi connectivity index (χ1n) is 13.8. The molecule has 1 heterocycles. The van der Waals surface area contributed by atoms with E-state index in [1.165, 1.54) is 30.3 Å². The van der Waals surface area contributed by atoms with Gasteiger partial charge in [-0.15, -0.1) is 0 Å². The Balaban J connectivity index is 2.10. The number of isocyanates is 3. The number of rotatable bonds is 11. The largest absolute Gasteiger partial charge is 0.345 e. The number of benzene rings is 3. The molecule has 0 aliphatic heterocycles. The molecule has 3 unspecified atom stereocenters. The second-order valence-electron chi connectivity index (χ2n) is 9.82. The zero-order valence-corrected chi connectivity index (χ0v) is 24.2. The van der Waals surface area contributed by atoms with E-state index in [1.807, 2.05) is 13.8 Å². The fraction of sp³-hybridized carbons (Fsp3) is 0.250. The van der Waals surface area contributed by atoms with E-state index in [9.17, 15) is 28.8 Å². The predicted molar refractivity (Wildman–Crippen MR) is 162 cm³/mol. The van der Waals surface area contributed by atoms with Gasteiger partial charge < -0.3 is 0 Å². The molecule has 0 bridgehead atoms. The maximum absolute atomic E-state index is 14.1. The highest BCUT2D eigenvalue weighted by atomic mass is 16.2. The zero-order chi connectivity index (χ0) is 31.8. The topological polar surface area (TPSA) is 154 Å². The average Bonchev–Trinajstić information content (AvgIpc) is 3.03. The van der Waals surface area contributed by atoms with Crippen LogP contribution in [0.1, 0.15) is 68.4 Å². The highest BCUT2D eigenvalue weighted by Crippen LogP contribution is 2.24. The molecule has 44 heavy (non-hydrogen) atoms. The van der Waals surface area contributed by atoms with E-state index in [4.69, 9.17) is 0 Å². The lowest BCUT2D eigenvalue weighted by Crippen LogP contribution is -2.52. The van der Waals surface area contributed by atoms with Crippen LogP contribution in [0.15, 0.2) is 102 Å². The maximum atomic E-state index is 14.1. The van der Waals surface area contributed by atoms with Crippen LogP contribution in [0.25, 0.3) is 17.1 Å². The van der Waals surface area contributed by atoms with Crippen LogP contribution in [0.5, 0.6) is 0 Å². The van der Waals surface area contributed by atoms with Crippen LogP contribution in [0.2, 0.25) is 0 Å². The molecule has 222 valence electrons. The van der Waals surface area contributed by atoms with Gasteiger partial charge in [-0.2, -0.15) is 15.0 Å². The van der Waals surface area contributed by atoms with Gasteiger partial charge >= 0.3 is 17.1 Å². The standard InChI is InChI=1S/C32H28N6O6/c1-4-28(34-19-40)23-10-7-13-26(16-23)37-30(42)36(25-12-6-9-22(15-25)21(3)33-18-39)31(43)38(32(37)44)27-14-8-11-24(17-27)29(5-2)35-20-41/h6-17,21,28-29H,4-5H2,1-3H3. The molecule has 0 aliphatic rings. The molecule has 12 heteroatoms. The Morgan fingerprint density at radius 1 is 0.568 bits per heavy atom. The Morgan fingerprint density at radius 2 is 0.909 bits per heavy atom. The Kier molecular flexibility index (Phi) is 9.85. The fourth-order valence-electron chi connectivity index (χ4n) is 4.96. The van der Waals surface area contributed by atoms with E-state index in [1.54, 1.807) is 67.6 Å². The summed E-state index contributed by atoms with van der Waals surface area (Å²) < 4.78 is 2.56. The van der Waals surface area contributed by atoms with Gasteiger partial charge in [-0.05, 0) is 72.9 Å². The van der Waals surface area contributed by atoms with Crippen molar-refractivity contribution in [2.24, 2.45) is 15.0 Å². The van der Waals surface area contributed by atoms with Crippen molar-refractivity contribution in [2.45, 2.75) is 51.7 Å². The first-order valence-corrected chi connectivity index (χ1v) is 13.8. The van der Waals surface area contributed by atoms with Crippen molar-refractivity contribution in [2.75, 3.05) is 0 Å². The number of aliphatic imine (C=N–C) groups is 3. The van der Waals surface area contributed by atoms with Gasteiger partial charge in [0.15, 0.2) is 0 Å². The molecule has 12 nitrogen and oxygen atoms in total. The molecule has 0 saturated heterocycles. The van der Waals surface area contributed by atoms with Crippen molar-refractivity contribution in [1.29, 1.82) is 0 Å². The third-order valence-corrected chi connectivity index (χ3v) is 7.22. The van der Waals surface area contributed by atoms with Crippen LogP contribution >= 0.6 is 0 Å². The van der Waals surface area contributed by atoms with Crippen LogP contribution in [-0.4, -0.2) is 31.9 Å². The minimum atomic E-state index is -0.947. The summed E-state index contributed by atoms with van der Waals surface area (Å²) in [5.41, 5.74) is -0.772. The van der Waals surface area contributed by atoms with Gasteiger partial charge in [0.1, 0.15) is 0 Å². The van der Waals surface area contributed by atoms with Gasteiger partial charge in [0, 0.05) is 0 Å². The lowest BCUT2D eigenvalue weighted by molar-refractivity contribution is 0.555. The molecule has 0 spiro atoms. The Bertz CT molecular complexity index is 1920. The summed E-state index contributed by atoms with van der Waals surface area (Å²) in [5.74, 6) is 0. The number of carbonyl (C=O) groups excluding carboxylic acids is 3. The Labute approximate surface area is 251 Å². The Morgan fingerprint density at radius 3 is 1.25 bits per heavy atom. The summed E-state index contributed by atoms with van der Waals surface area (Å²) >= 11 is 0. The Hall–Kier alpha value is -5.79. The number of hydrogen-bond acceptors (Lipinski definition) is 9. The van der Waals surface area contributed by atoms with Gasteiger partial charge in [-0.25, -0.2) is 42.5 Å². The number of nitrogens with zero attached hydrogens (tertiary/aromatic N) is 6. The SMILES string of the molecule is CCC(N=C=O)c1cccc(-n2c(=O)n(-c3cccc(C(C)N=C=O)c3)c(=O)n(-c3cccc(C(CC)N=C=O)c3)c2=O)c1. The molecule has 0 fully saturated rings. The molecule has 0 radical (unpaired) electrons. The zero-order valence-electron chi connectivity index (χ0n) is 24.2. The first kappa shape index (κ1) is 31.2. The van der Waals surface area contributed by atoms with Crippen molar-refractivity contribution in [3.05, 3.63) is 121 Å². The molecule has 4 rings (SSSR count). The van der Waals surface area contributed by atoms with E-state index in [-0.39, 0.29) is 17.1 Å².